The molecule has 208 valence electrons. The van der Waals surface area contributed by atoms with Crippen molar-refractivity contribution in [3.63, 3.8) is 0 Å². The second kappa shape index (κ2) is 29.8. The van der Waals surface area contributed by atoms with E-state index < -0.39 is 12.2 Å². The standard InChI is InChI=1S/C11H21IO4.C10H19IO5.2CH4/c1-5-10(15-7-13-3)9(2)11(6-12)16-8-14-4;1-4-8(15-6-13-2)10(12)9(5-11)16-7-14-3;;/h5,9-11H,1,6-8H2,2-4H3;4,8-10,12H,1,5-7H2,2-3H3;2*1H4/t9-,10+,11+;8-,9-,10+;;/m01../s1. The number of halogens is 2. The van der Waals surface area contributed by atoms with Gasteiger partial charge in [0.15, 0.2) is 0 Å². The number of alkyl halides is 2. The fourth-order valence-corrected chi connectivity index (χ4v) is 4.17. The van der Waals surface area contributed by atoms with Gasteiger partial charge in [0, 0.05) is 43.2 Å². The number of aliphatic hydroxyl groups excluding tert-OH is 1. The summed E-state index contributed by atoms with van der Waals surface area (Å²) in [5, 5.41) is 9.98. The van der Waals surface area contributed by atoms with Crippen LogP contribution in [0.1, 0.15) is 21.8 Å². The van der Waals surface area contributed by atoms with Crippen LogP contribution in [-0.4, -0.2) is 100 Å². The van der Waals surface area contributed by atoms with Gasteiger partial charge in [-0.15, -0.1) is 13.2 Å². The van der Waals surface area contributed by atoms with Gasteiger partial charge in [-0.2, -0.15) is 0 Å². The normalized spacial score (nSPS) is 15.8. The van der Waals surface area contributed by atoms with Gasteiger partial charge in [-0.25, -0.2) is 0 Å². The molecule has 0 spiro atoms. The first-order valence-corrected chi connectivity index (χ1v) is 12.9. The Morgan fingerprint density at radius 3 is 1.38 bits per heavy atom. The molecule has 11 heteroatoms. The molecule has 0 aliphatic rings. The van der Waals surface area contributed by atoms with Gasteiger partial charge in [-0.3, -0.25) is 0 Å². The summed E-state index contributed by atoms with van der Waals surface area (Å²) in [5.74, 6) is 0.208. The Kier molecular flexibility index (Phi) is 36.6. The van der Waals surface area contributed by atoms with E-state index in [4.69, 9.17) is 37.9 Å². The summed E-state index contributed by atoms with van der Waals surface area (Å²) in [7, 11) is 6.26. The number of methoxy groups -OCH3 is 4. The van der Waals surface area contributed by atoms with E-state index in [1.807, 2.05) is 0 Å². The van der Waals surface area contributed by atoms with Gasteiger partial charge in [-0.1, -0.05) is 79.1 Å². The lowest BCUT2D eigenvalue weighted by Gasteiger charge is -2.27. The predicted octanol–water partition coefficient (Wildman–Crippen LogP) is 4.44. The first kappa shape index (κ1) is 41.7. The molecule has 0 fully saturated rings. The van der Waals surface area contributed by atoms with Crippen LogP contribution >= 0.6 is 45.2 Å². The van der Waals surface area contributed by atoms with Crippen LogP contribution in [0.4, 0.5) is 0 Å². The third kappa shape index (κ3) is 19.7. The summed E-state index contributed by atoms with van der Waals surface area (Å²) in [4.78, 5) is 0. The van der Waals surface area contributed by atoms with Gasteiger partial charge in [-0.05, 0) is 0 Å². The highest BCUT2D eigenvalue weighted by atomic mass is 127. The molecule has 0 bridgehead atoms. The second-order valence-electron chi connectivity index (χ2n) is 6.43. The Bertz CT molecular complexity index is 395. The summed E-state index contributed by atoms with van der Waals surface area (Å²) in [6, 6.07) is 0. The highest BCUT2D eigenvalue weighted by molar-refractivity contribution is 14.1. The zero-order valence-electron chi connectivity index (χ0n) is 19.7. The smallest absolute Gasteiger partial charge is 0.147 e. The third-order valence-electron chi connectivity index (χ3n) is 4.15. The monoisotopic (exact) mass is 722 g/mol. The molecular formula is C23H48I2O9. The van der Waals surface area contributed by atoms with Gasteiger partial charge in [0.2, 0.25) is 0 Å². The summed E-state index contributed by atoms with van der Waals surface area (Å²) >= 11 is 4.42. The van der Waals surface area contributed by atoms with E-state index in [-0.39, 0.29) is 59.5 Å². The van der Waals surface area contributed by atoms with Crippen molar-refractivity contribution in [3.8, 4) is 0 Å². The molecule has 9 nitrogen and oxygen atoms in total. The number of aliphatic hydroxyl groups is 1. The molecule has 0 rings (SSSR count). The van der Waals surface area contributed by atoms with Crippen molar-refractivity contribution >= 4 is 45.2 Å². The van der Waals surface area contributed by atoms with E-state index in [2.05, 4.69) is 65.3 Å². The lowest BCUT2D eigenvalue weighted by atomic mass is 9.99. The molecule has 0 unspecified atom stereocenters. The molecule has 6 atom stereocenters. The van der Waals surface area contributed by atoms with E-state index in [9.17, 15) is 5.11 Å². The van der Waals surface area contributed by atoms with Crippen LogP contribution in [0.25, 0.3) is 0 Å². The summed E-state index contributed by atoms with van der Waals surface area (Å²) in [6.07, 6.45) is 1.65. The largest absolute Gasteiger partial charge is 0.387 e. The van der Waals surface area contributed by atoms with Crippen molar-refractivity contribution in [1.29, 1.82) is 0 Å². The van der Waals surface area contributed by atoms with Crippen LogP contribution < -0.4 is 0 Å². The molecule has 0 aliphatic carbocycles. The van der Waals surface area contributed by atoms with Crippen LogP contribution in [-0.2, 0) is 37.9 Å². The quantitative estimate of drug-likeness (QED) is 0.0848. The van der Waals surface area contributed by atoms with E-state index in [0.29, 0.717) is 11.2 Å². The summed E-state index contributed by atoms with van der Waals surface area (Å²) < 4.78 is 42.5. The van der Waals surface area contributed by atoms with E-state index in [1.165, 1.54) is 20.3 Å². The van der Waals surface area contributed by atoms with Crippen LogP contribution in [0.15, 0.2) is 25.3 Å². The molecule has 0 aromatic rings. The molecular weight excluding hydrogens is 674 g/mol. The van der Waals surface area contributed by atoms with Crippen molar-refractivity contribution in [1.82, 2.24) is 0 Å². The Morgan fingerprint density at radius 1 is 0.676 bits per heavy atom. The lowest BCUT2D eigenvalue weighted by Crippen LogP contribution is -2.41. The number of rotatable bonds is 20. The van der Waals surface area contributed by atoms with Gasteiger partial charge < -0.3 is 43.0 Å². The number of hydrogen-bond donors (Lipinski definition) is 1. The Hall–Kier alpha value is 0.580. The van der Waals surface area contributed by atoms with Crippen LogP contribution in [0.3, 0.4) is 0 Å². The minimum Gasteiger partial charge on any atom is -0.387 e. The van der Waals surface area contributed by atoms with Crippen LogP contribution in [0.5, 0.6) is 0 Å². The zero-order chi connectivity index (χ0) is 24.8. The molecule has 0 saturated carbocycles. The van der Waals surface area contributed by atoms with Gasteiger partial charge in [0.1, 0.15) is 39.4 Å². The molecule has 0 radical (unpaired) electrons. The van der Waals surface area contributed by atoms with Crippen molar-refractivity contribution in [2.24, 2.45) is 5.92 Å². The van der Waals surface area contributed by atoms with E-state index in [0.717, 1.165) is 4.43 Å². The molecule has 0 aromatic heterocycles. The molecule has 1 N–H and O–H groups in total. The average molecular weight is 722 g/mol. The van der Waals surface area contributed by atoms with Crippen LogP contribution in [0, 0.1) is 5.92 Å². The summed E-state index contributed by atoms with van der Waals surface area (Å²) in [5.41, 5.74) is 0. The molecule has 34 heavy (non-hydrogen) atoms. The maximum absolute atomic E-state index is 9.98. The highest BCUT2D eigenvalue weighted by Crippen LogP contribution is 2.18. The van der Waals surface area contributed by atoms with Crippen molar-refractivity contribution in [3.05, 3.63) is 25.3 Å². The maximum atomic E-state index is 9.98. The minimum atomic E-state index is -0.792. The number of ether oxygens (including phenoxy) is 8. The van der Waals surface area contributed by atoms with Gasteiger partial charge in [0.05, 0.1) is 18.3 Å². The van der Waals surface area contributed by atoms with E-state index >= 15 is 0 Å². The fraction of sp³-hybridized carbons (Fsp3) is 0.826. The zero-order valence-corrected chi connectivity index (χ0v) is 24.1. The molecule has 0 aromatic carbocycles. The summed E-state index contributed by atoms with van der Waals surface area (Å²) in [6.45, 7) is 10.2. The Morgan fingerprint density at radius 2 is 1.03 bits per heavy atom. The second-order valence-corrected chi connectivity index (χ2v) is 8.19. The molecule has 0 saturated heterocycles. The lowest BCUT2D eigenvalue weighted by molar-refractivity contribution is -0.149. The average Bonchev–Trinajstić information content (AvgIpc) is 2.81. The fourth-order valence-electron chi connectivity index (χ4n) is 2.34. The molecule has 0 heterocycles. The minimum absolute atomic E-state index is 0. The predicted molar refractivity (Wildman–Crippen MR) is 154 cm³/mol. The van der Waals surface area contributed by atoms with E-state index in [1.54, 1.807) is 20.3 Å². The third-order valence-corrected chi connectivity index (χ3v) is 5.88. The van der Waals surface area contributed by atoms with Crippen molar-refractivity contribution in [2.75, 3.05) is 64.5 Å². The maximum Gasteiger partial charge on any atom is 0.147 e. The molecule has 0 amide bonds. The SMILES string of the molecule is C.C.C=C[C@@H](OCOC)[C@H](C)[C@@H](CI)OCOC.C=C[C@@H](OCOC)[C@H](O)[C@@H](CI)OCOC. The van der Waals surface area contributed by atoms with Gasteiger partial charge >= 0.3 is 0 Å². The highest BCUT2D eigenvalue weighted by Gasteiger charge is 2.27. The van der Waals surface area contributed by atoms with Gasteiger partial charge in [0.25, 0.3) is 0 Å². The van der Waals surface area contributed by atoms with Crippen molar-refractivity contribution in [2.45, 2.75) is 52.3 Å². The first-order valence-electron chi connectivity index (χ1n) is 9.89. The number of hydrogen-bond acceptors (Lipinski definition) is 9. The molecule has 0 aliphatic heterocycles. The van der Waals surface area contributed by atoms with Crippen molar-refractivity contribution < 1.29 is 43.0 Å². The van der Waals surface area contributed by atoms with Crippen LogP contribution in [0.2, 0.25) is 0 Å². The first-order chi connectivity index (χ1) is 15.4. The topological polar surface area (TPSA) is 94.1 Å². The Labute approximate surface area is 235 Å². The Balaban J connectivity index is -0.000000250.